The number of thiol groups is 8. The van der Waals surface area contributed by atoms with Crippen molar-refractivity contribution in [2.24, 2.45) is 0 Å². The number of nitrogens with zero attached hydrogens (tertiary/aromatic N) is 1. The smallest absolute Gasteiger partial charge is 0.156 e. The lowest BCUT2D eigenvalue weighted by atomic mass is 9.81. The van der Waals surface area contributed by atoms with Gasteiger partial charge in [0.2, 0.25) is 0 Å². The standard InChI is InChI=1S/C20H23NO2S8/c24-12-7-9(14(26)18(30)16(12)28)10-1-4-23-20(10,21-2-5-22-6-3-21)11-8-13(25)17(29)19(31)15(11)27/h7-8,10,24-31H,1-6H2. The van der Waals surface area contributed by atoms with Crippen LogP contribution in [0, 0.1) is 0 Å². The van der Waals surface area contributed by atoms with E-state index in [1.54, 1.807) is 0 Å². The predicted octanol–water partition coefficient (Wildman–Crippen LogP) is 5.69. The molecule has 2 aromatic carbocycles. The summed E-state index contributed by atoms with van der Waals surface area (Å²) in [6, 6.07) is 4.02. The molecule has 0 aliphatic carbocycles. The zero-order valence-electron chi connectivity index (χ0n) is 16.3. The van der Waals surface area contributed by atoms with Gasteiger partial charge in [0.1, 0.15) is 0 Å². The van der Waals surface area contributed by atoms with Crippen molar-refractivity contribution >= 4 is 101 Å². The molecule has 11 heteroatoms. The van der Waals surface area contributed by atoms with Gasteiger partial charge >= 0.3 is 0 Å². The van der Waals surface area contributed by atoms with Gasteiger partial charge in [-0.2, -0.15) is 0 Å². The van der Waals surface area contributed by atoms with E-state index in [0.29, 0.717) is 39.4 Å². The molecule has 0 saturated carbocycles. The maximum atomic E-state index is 6.65. The second-order valence-corrected chi connectivity index (χ2v) is 11.2. The first kappa shape index (κ1) is 25.2. The van der Waals surface area contributed by atoms with E-state index >= 15 is 0 Å². The molecule has 168 valence electrons. The second kappa shape index (κ2) is 10.0. The molecule has 2 unspecified atom stereocenters. The molecule has 2 atom stereocenters. The van der Waals surface area contributed by atoms with Crippen molar-refractivity contribution in [3.63, 3.8) is 0 Å². The fraction of sp³-hybridized carbons (Fsp3) is 0.400. The predicted molar refractivity (Wildman–Crippen MR) is 148 cm³/mol. The summed E-state index contributed by atoms with van der Waals surface area (Å²) in [5, 5.41) is 0. The normalized spacial score (nSPS) is 24.7. The molecular weight excluding hydrogens is 543 g/mol. The third-order valence-corrected chi connectivity index (χ3v) is 10.5. The Morgan fingerprint density at radius 3 is 1.94 bits per heavy atom. The van der Waals surface area contributed by atoms with Crippen molar-refractivity contribution < 1.29 is 9.47 Å². The van der Waals surface area contributed by atoms with Crippen molar-refractivity contribution in [3.8, 4) is 0 Å². The summed E-state index contributed by atoms with van der Waals surface area (Å²) < 4.78 is 12.3. The quantitative estimate of drug-likeness (QED) is 0.230. The summed E-state index contributed by atoms with van der Waals surface area (Å²) in [6.45, 7) is 3.30. The van der Waals surface area contributed by atoms with Gasteiger partial charge < -0.3 is 9.47 Å². The maximum Gasteiger partial charge on any atom is 0.156 e. The number of benzene rings is 2. The van der Waals surface area contributed by atoms with Crippen molar-refractivity contribution in [2.45, 2.75) is 57.2 Å². The summed E-state index contributed by atoms with van der Waals surface area (Å²) in [5.74, 6) is -0.0408. The molecule has 2 aromatic rings. The molecule has 0 N–H and O–H groups in total. The second-order valence-electron chi connectivity index (χ2n) is 7.51. The highest BCUT2D eigenvalue weighted by Crippen LogP contribution is 2.55. The van der Waals surface area contributed by atoms with Crippen LogP contribution >= 0.6 is 101 Å². The molecule has 3 nitrogen and oxygen atoms in total. The minimum absolute atomic E-state index is 0.0408. The van der Waals surface area contributed by atoms with Crippen LogP contribution in [-0.4, -0.2) is 37.8 Å². The van der Waals surface area contributed by atoms with Gasteiger partial charge in [0.25, 0.3) is 0 Å². The fourth-order valence-corrected chi connectivity index (χ4v) is 6.82. The highest BCUT2D eigenvalue weighted by Gasteiger charge is 2.53. The zero-order valence-corrected chi connectivity index (χ0v) is 23.5. The number of hydrogen-bond acceptors (Lipinski definition) is 11. The first-order valence-corrected chi connectivity index (χ1v) is 13.2. The highest BCUT2D eigenvalue weighted by molar-refractivity contribution is 7.86. The van der Waals surface area contributed by atoms with Crippen LogP contribution in [0.25, 0.3) is 0 Å². The molecule has 2 heterocycles. The molecule has 2 aliphatic heterocycles. The highest BCUT2D eigenvalue weighted by atomic mass is 32.1. The van der Waals surface area contributed by atoms with E-state index in [-0.39, 0.29) is 5.92 Å². The summed E-state index contributed by atoms with van der Waals surface area (Å²) in [7, 11) is 0. The molecule has 2 fully saturated rings. The minimum atomic E-state index is -0.784. The van der Waals surface area contributed by atoms with Gasteiger partial charge in [0.15, 0.2) is 5.72 Å². The third-order valence-electron chi connectivity index (χ3n) is 5.93. The van der Waals surface area contributed by atoms with Gasteiger partial charge in [0, 0.05) is 63.7 Å². The molecular formula is C20H23NO2S8. The molecule has 31 heavy (non-hydrogen) atoms. The topological polar surface area (TPSA) is 21.7 Å². The molecule has 0 amide bonds. The van der Waals surface area contributed by atoms with E-state index in [2.05, 4.69) is 80.7 Å². The van der Waals surface area contributed by atoms with Gasteiger partial charge in [-0.15, -0.1) is 101 Å². The Morgan fingerprint density at radius 1 is 0.710 bits per heavy atom. The largest absolute Gasteiger partial charge is 0.379 e. The summed E-state index contributed by atoms with van der Waals surface area (Å²) in [4.78, 5) is 8.11. The molecule has 0 aromatic heterocycles. The Morgan fingerprint density at radius 2 is 1.29 bits per heavy atom. The van der Waals surface area contributed by atoms with Crippen LogP contribution in [0.3, 0.4) is 0 Å². The molecule has 0 spiro atoms. The lowest BCUT2D eigenvalue weighted by molar-refractivity contribution is -0.167. The van der Waals surface area contributed by atoms with E-state index in [9.17, 15) is 0 Å². The number of ether oxygens (including phenoxy) is 2. The van der Waals surface area contributed by atoms with Crippen molar-refractivity contribution in [2.75, 3.05) is 32.9 Å². The zero-order chi connectivity index (χ0) is 22.5. The summed E-state index contributed by atoms with van der Waals surface area (Å²) in [6.07, 6.45) is 0.803. The number of rotatable bonds is 3. The van der Waals surface area contributed by atoms with E-state index in [0.717, 1.165) is 50.2 Å². The van der Waals surface area contributed by atoms with Gasteiger partial charge in [0.05, 0.1) is 19.8 Å². The fourth-order valence-electron chi connectivity index (χ4n) is 4.47. The Hall–Kier alpha value is 1.12. The van der Waals surface area contributed by atoms with Crippen LogP contribution in [0.15, 0.2) is 51.3 Å². The number of morpholine rings is 1. The molecule has 2 saturated heterocycles. The van der Waals surface area contributed by atoms with Crippen LogP contribution in [0.4, 0.5) is 0 Å². The van der Waals surface area contributed by atoms with Gasteiger partial charge in [-0.1, -0.05) is 0 Å². The van der Waals surface area contributed by atoms with E-state index in [1.165, 1.54) is 0 Å². The maximum absolute atomic E-state index is 6.65. The van der Waals surface area contributed by atoms with E-state index < -0.39 is 5.72 Å². The Kier molecular flexibility index (Phi) is 8.14. The van der Waals surface area contributed by atoms with Crippen LogP contribution in [0.5, 0.6) is 0 Å². The molecule has 0 radical (unpaired) electrons. The molecule has 2 aliphatic rings. The van der Waals surface area contributed by atoms with Crippen LogP contribution < -0.4 is 0 Å². The monoisotopic (exact) mass is 565 g/mol. The van der Waals surface area contributed by atoms with Crippen LogP contribution in [0.2, 0.25) is 0 Å². The lowest BCUT2D eigenvalue weighted by Crippen LogP contribution is -2.54. The first-order valence-electron chi connectivity index (χ1n) is 9.61. The Balaban J connectivity index is 1.99. The van der Waals surface area contributed by atoms with E-state index in [1.807, 2.05) is 12.1 Å². The summed E-state index contributed by atoms with van der Waals surface area (Å²) in [5.41, 5.74) is 1.15. The summed E-state index contributed by atoms with van der Waals surface area (Å²) >= 11 is 37.4. The minimum Gasteiger partial charge on any atom is -0.379 e. The Bertz CT molecular complexity index is 1030. The SMILES string of the molecule is Sc1cc(C2CCOC2(c2cc(S)c(S)c(S)c2S)N2CCOCC2)c(S)c(S)c1S. The van der Waals surface area contributed by atoms with Crippen LogP contribution in [-0.2, 0) is 15.2 Å². The van der Waals surface area contributed by atoms with Crippen molar-refractivity contribution in [3.05, 3.63) is 23.3 Å². The van der Waals surface area contributed by atoms with Gasteiger partial charge in [-0.3, -0.25) is 4.90 Å². The van der Waals surface area contributed by atoms with Crippen molar-refractivity contribution in [1.82, 2.24) is 4.90 Å². The molecule has 0 bridgehead atoms. The van der Waals surface area contributed by atoms with Gasteiger partial charge in [-0.05, 0) is 24.1 Å². The van der Waals surface area contributed by atoms with Crippen molar-refractivity contribution in [1.29, 1.82) is 0 Å². The number of hydrogen-bond donors (Lipinski definition) is 8. The van der Waals surface area contributed by atoms with Gasteiger partial charge in [-0.25, -0.2) is 0 Å². The molecule has 4 rings (SSSR count). The lowest BCUT2D eigenvalue weighted by Gasteiger charge is -2.47. The third kappa shape index (κ3) is 4.32. The van der Waals surface area contributed by atoms with E-state index in [4.69, 9.17) is 34.7 Å². The Labute approximate surface area is 227 Å². The first-order chi connectivity index (χ1) is 14.7. The average molecular weight is 566 g/mol. The van der Waals surface area contributed by atoms with Crippen LogP contribution in [0.1, 0.15) is 23.5 Å². The average Bonchev–Trinajstić information content (AvgIpc) is 3.22.